The lowest BCUT2D eigenvalue weighted by molar-refractivity contribution is -0.124. The van der Waals surface area contributed by atoms with Gasteiger partial charge in [-0.25, -0.2) is 0 Å². The number of amides is 1. The Morgan fingerprint density at radius 3 is 1.93 bits per heavy atom. The number of likely N-dealkylation sites (tertiary alicyclic amines) is 1. The van der Waals surface area contributed by atoms with Crippen LogP contribution in [0.15, 0.2) is 12.7 Å². The topological polar surface area (TPSA) is 32.3 Å². The Labute approximate surface area is 88.2 Å². The summed E-state index contributed by atoms with van der Waals surface area (Å²) in [5.74, 6) is 0.0764. The fourth-order valence-electron chi connectivity index (χ4n) is 1.07. The number of nitrogens with zero attached hydrogens (tertiary/aromatic N) is 1. The summed E-state index contributed by atoms with van der Waals surface area (Å²) in [6, 6.07) is 0. The Morgan fingerprint density at radius 1 is 1.29 bits per heavy atom. The van der Waals surface area contributed by atoms with E-state index in [2.05, 4.69) is 11.9 Å². The fraction of sp³-hybridized carbons (Fsp3) is 0.727. The van der Waals surface area contributed by atoms with Gasteiger partial charge in [0.05, 0.1) is 0 Å². The van der Waals surface area contributed by atoms with Gasteiger partial charge in [-0.1, -0.05) is 20.4 Å². The third kappa shape index (κ3) is 7.80. The molecule has 84 valence electrons. The summed E-state index contributed by atoms with van der Waals surface area (Å²) in [4.78, 5) is 12.6. The molecular weight excluding hydrogens is 176 g/mol. The van der Waals surface area contributed by atoms with Crippen molar-refractivity contribution in [2.24, 2.45) is 0 Å². The molecule has 1 heterocycles. The summed E-state index contributed by atoms with van der Waals surface area (Å²) < 4.78 is 0. The first-order valence-corrected chi connectivity index (χ1v) is 5.26. The molecule has 3 heteroatoms. The molecule has 1 amide bonds. The van der Waals surface area contributed by atoms with E-state index in [1.54, 1.807) is 0 Å². The molecule has 1 N–H and O–H groups in total. The van der Waals surface area contributed by atoms with E-state index in [9.17, 15) is 4.79 Å². The van der Waals surface area contributed by atoms with Crippen molar-refractivity contribution in [3.05, 3.63) is 12.7 Å². The molecule has 1 saturated heterocycles. The second kappa shape index (κ2) is 12.2. The van der Waals surface area contributed by atoms with Gasteiger partial charge in [0, 0.05) is 13.1 Å². The molecule has 0 spiro atoms. The summed E-state index contributed by atoms with van der Waals surface area (Å²) >= 11 is 0. The Hall–Kier alpha value is -0.830. The zero-order valence-electron chi connectivity index (χ0n) is 9.97. The zero-order valence-corrected chi connectivity index (χ0v) is 9.97. The standard InChI is InChI=1S/C7H11NO.C2H7N.C2H6/c1-2-7(9)8-5-3-4-6-8;1-3-2;1-2/h2H,1,3-6H2;3H,1-2H3;1-2H3. The quantitative estimate of drug-likeness (QED) is 0.653. The van der Waals surface area contributed by atoms with Crippen LogP contribution in [0.1, 0.15) is 26.7 Å². The van der Waals surface area contributed by atoms with Crippen LogP contribution in [-0.2, 0) is 4.79 Å². The summed E-state index contributed by atoms with van der Waals surface area (Å²) in [6.07, 6.45) is 3.68. The average Bonchev–Trinajstić information content (AvgIpc) is 2.74. The van der Waals surface area contributed by atoms with Gasteiger partial charge in [0.25, 0.3) is 0 Å². The van der Waals surface area contributed by atoms with Crippen LogP contribution in [0.3, 0.4) is 0 Å². The predicted molar refractivity (Wildman–Crippen MR) is 62.3 cm³/mol. The van der Waals surface area contributed by atoms with Gasteiger partial charge in [0.1, 0.15) is 0 Å². The first-order valence-electron chi connectivity index (χ1n) is 5.26. The lowest BCUT2D eigenvalue weighted by Gasteiger charge is -2.10. The van der Waals surface area contributed by atoms with Gasteiger partial charge >= 0.3 is 0 Å². The minimum atomic E-state index is 0.0764. The van der Waals surface area contributed by atoms with Crippen LogP contribution in [0.4, 0.5) is 0 Å². The monoisotopic (exact) mass is 200 g/mol. The van der Waals surface area contributed by atoms with Crippen molar-refractivity contribution >= 4 is 5.91 Å². The lowest BCUT2D eigenvalue weighted by atomic mass is 10.4. The van der Waals surface area contributed by atoms with E-state index in [4.69, 9.17) is 0 Å². The summed E-state index contributed by atoms with van der Waals surface area (Å²) in [7, 11) is 3.75. The SMILES string of the molecule is C=CC(=O)N1CCCC1.CC.CNC. The molecule has 1 aliphatic heterocycles. The minimum Gasteiger partial charge on any atom is -0.339 e. The smallest absolute Gasteiger partial charge is 0.245 e. The molecule has 14 heavy (non-hydrogen) atoms. The van der Waals surface area contributed by atoms with Crippen molar-refractivity contribution in [3.8, 4) is 0 Å². The maximum absolute atomic E-state index is 10.8. The van der Waals surface area contributed by atoms with E-state index in [1.165, 1.54) is 6.08 Å². The molecule has 0 aromatic heterocycles. The van der Waals surface area contributed by atoms with Gasteiger partial charge in [-0.3, -0.25) is 4.79 Å². The predicted octanol–water partition coefficient (Wildman–Crippen LogP) is 1.66. The van der Waals surface area contributed by atoms with Crippen molar-refractivity contribution in [3.63, 3.8) is 0 Å². The largest absolute Gasteiger partial charge is 0.339 e. The van der Waals surface area contributed by atoms with Gasteiger partial charge in [0.15, 0.2) is 0 Å². The van der Waals surface area contributed by atoms with Crippen molar-refractivity contribution in [1.82, 2.24) is 10.2 Å². The number of carbonyl (C=O) groups is 1. The molecule has 1 rings (SSSR count). The highest BCUT2D eigenvalue weighted by molar-refractivity contribution is 5.87. The highest BCUT2D eigenvalue weighted by Crippen LogP contribution is 2.06. The highest BCUT2D eigenvalue weighted by Gasteiger charge is 2.13. The number of hydrogen-bond acceptors (Lipinski definition) is 2. The maximum Gasteiger partial charge on any atom is 0.245 e. The van der Waals surface area contributed by atoms with Gasteiger partial charge < -0.3 is 10.2 Å². The van der Waals surface area contributed by atoms with Crippen LogP contribution >= 0.6 is 0 Å². The summed E-state index contributed by atoms with van der Waals surface area (Å²) in [5.41, 5.74) is 0. The zero-order chi connectivity index (χ0) is 11.4. The van der Waals surface area contributed by atoms with Crippen molar-refractivity contribution < 1.29 is 4.79 Å². The minimum absolute atomic E-state index is 0.0764. The summed E-state index contributed by atoms with van der Waals surface area (Å²) in [5, 5.41) is 2.75. The average molecular weight is 200 g/mol. The first kappa shape index (κ1) is 15.6. The second-order valence-electron chi connectivity index (χ2n) is 2.74. The third-order valence-electron chi connectivity index (χ3n) is 1.59. The Balaban J connectivity index is 0. The van der Waals surface area contributed by atoms with Crippen LogP contribution in [0.25, 0.3) is 0 Å². The van der Waals surface area contributed by atoms with E-state index in [-0.39, 0.29) is 5.91 Å². The van der Waals surface area contributed by atoms with Crippen LogP contribution in [0, 0.1) is 0 Å². The molecular formula is C11H24N2O. The van der Waals surface area contributed by atoms with E-state index < -0.39 is 0 Å². The van der Waals surface area contributed by atoms with Crippen molar-refractivity contribution in [1.29, 1.82) is 0 Å². The molecule has 1 fully saturated rings. The van der Waals surface area contributed by atoms with Crippen molar-refractivity contribution in [2.75, 3.05) is 27.2 Å². The molecule has 0 radical (unpaired) electrons. The Morgan fingerprint density at radius 2 is 1.64 bits per heavy atom. The molecule has 0 aliphatic carbocycles. The molecule has 0 aromatic carbocycles. The van der Waals surface area contributed by atoms with Gasteiger partial charge in [-0.05, 0) is 33.0 Å². The third-order valence-corrected chi connectivity index (χ3v) is 1.59. The van der Waals surface area contributed by atoms with Gasteiger partial charge in [-0.2, -0.15) is 0 Å². The Bertz CT molecular complexity index is 140. The number of nitrogens with one attached hydrogen (secondary N) is 1. The van der Waals surface area contributed by atoms with Crippen molar-refractivity contribution in [2.45, 2.75) is 26.7 Å². The van der Waals surface area contributed by atoms with Gasteiger partial charge in [-0.15, -0.1) is 0 Å². The van der Waals surface area contributed by atoms with Crippen LogP contribution in [0.5, 0.6) is 0 Å². The van der Waals surface area contributed by atoms with Crippen LogP contribution in [-0.4, -0.2) is 38.0 Å². The molecule has 0 aromatic rings. The number of hydrogen-bond donors (Lipinski definition) is 1. The number of carbonyl (C=O) groups excluding carboxylic acids is 1. The molecule has 0 saturated carbocycles. The molecule has 1 aliphatic rings. The van der Waals surface area contributed by atoms with Crippen LogP contribution in [0.2, 0.25) is 0 Å². The van der Waals surface area contributed by atoms with Gasteiger partial charge in [0.2, 0.25) is 5.91 Å². The van der Waals surface area contributed by atoms with E-state index in [1.807, 2.05) is 32.8 Å². The van der Waals surface area contributed by atoms with Crippen LogP contribution < -0.4 is 5.32 Å². The summed E-state index contributed by atoms with van der Waals surface area (Å²) in [6.45, 7) is 9.26. The maximum atomic E-state index is 10.8. The second-order valence-corrected chi connectivity index (χ2v) is 2.74. The molecule has 3 nitrogen and oxygen atoms in total. The van der Waals surface area contributed by atoms with E-state index in [0.29, 0.717) is 0 Å². The molecule has 0 unspecified atom stereocenters. The van der Waals surface area contributed by atoms with E-state index in [0.717, 1.165) is 25.9 Å². The van der Waals surface area contributed by atoms with E-state index >= 15 is 0 Å². The highest BCUT2D eigenvalue weighted by atomic mass is 16.2. The number of rotatable bonds is 1. The first-order chi connectivity index (χ1) is 6.76. The molecule has 0 bridgehead atoms. The molecule has 0 atom stereocenters. The fourth-order valence-corrected chi connectivity index (χ4v) is 1.07. The lowest BCUT2D eigenvalue weighted by Crippen LogP contribution is -2.25. The Kier molecular flexibility index (Phi) is 13.6. The normalized spacial score (nSPS) is 13.3.